The van der Waals surface area contributed by atoms with Gasteiger partial charge in [0, 0.05) is 49.7 Å². The number of hydrogen-bond donors (Lipinski definition) is 1. The molecule has 1 aliphatic heterocycles. The van der Waals surface area contributed by atoms with E-state index in [4.69, 9.17) is 4.42 Å². The Bertz CT molecular complexity index is 1020. The number of rotatable bonds is 5. The van der Waals surface area contributed by atoms with Gasteiger partial charge in [0.1, 0.15) is 11.6 Å². The maximum absolute atomic E-state index is 12.4. The maximum atomic E-state index is 12.4. The summed E-state index contributed by atoms with van der Waals surface area (Å²) >= 11 is 0. The molecule has 1 amide bonds. The Balaban J connectivity index is 1.38. The van der Waals surface area contributed by atoms with Gasteiger partial charge in [-0.25, -0.2) is 4.98 Å². The Morgan fingerprint density at radius 2 is 1.83 bits per heavy atom. The van der Waals surface area contributed by atoms with Crippen molar-refractivity contribution in [1.82, 2.24) is 14.9 Å². The normalized spacial score (nSPS) is 14.3. The summed E-state index contributed by atoms with van der Waals surface area (Å²) in [7, 11) is 0. The van der Waals surface area contributed by atoms with Crippen LogP contribution in [0.2, 0.25) is 0 Å². The summed E-state index contributed by atoms with van der Waals surface area (Å²) in [5, 5.41) is 3.28. The number of hydrogen-bond acceptors (Lipinski definition) is 6. The van der Waals surface area contributed by atoms with Crippen LogP contribution in [0.4, 0.5) is 17.5 Å². The third-order valence-corrected chi connectivity index (χ3v) is 5.00. The zero-order valence-corrected chi connectivity index (χ0v) is 17.2. The van der Waals surface area contributed by atoms with E-state index >= 15 is 0 Å². The van der Waals surface area contributed by atoms with Crippen LogP contribution in [0.15, 0.2) is 59.2 Å². The minimum atomic E-state index is -0.00774. The summed E-state index contributed by atoms with van der Waals surface area (Å²) in [6, 6.07) is 13.7. The number of carbonyl (C=O) groups excluding carboxylic acids is 1. The van der Waals surface area contributed by atoms with E-state index in [-0.39, 0.29) is 5.91 Å². The molecule has 0 unspecified atom stereocenters. The van der Waals surface area contributed by atoms with Gasteiger partial charge < -0.3 is 19.5 Å². The van der Waals surface area contributed by atoms with Crippen LogP contribution in [0.25, 0.3) is 6.08 Å². The molecule has 1 aliphatic rings. The van der Waals surface area contributed by atoms with Gasteiger partial charge in [0.25, 0.3) is 0 Å². The first-order chi connectivity index (χ1) is 14.6. The quantitative estimate of drug-likeness (QED) is 0.654. The standard InChI is InChI=1S/C23H25N5O2/c1-17-5-7-19(8-6-17)25-23-24-18(2)16-21(26-23)27-11-13-28(14-12-27)22(29)10-9-20-4-3-15-30-20/h3-10,15-16H,11-14H2,1-2H3,(H,24,25,26)/b10-9+. The number of nitrogens with zero attached hydrogens (tertiary/aromatic N) is 4. The van der Waals surface area contributed by atoms with Crippen LogP contribution in [-0.4, -0.2) is 47.0 Å². The highest BCUT2D eigenvalue weighted by Gasteiger charge is 2.21. The molecule has 1 aromatic carbocycles. The molecular weight excluding hydrogens is 378 g/mol. The minimum Gasteiger partial charge on any atom is -0.465 e. The predicted molar refractivity (Wildman–Crippen MR) is 118 cm³/mol. The molecule has 0 bridgehead atoms. The molecule has 1 saturated heterocycles. The number of carbonyl (C=O) groups is 1. The van der Waals surface area contributed by atoms with Crippen LogP contribution < -0.4 is 10.2 Å². The number of anilines is 3. The molecule has 1 fully saturated rings. The van der Waals surface area contributed by atoms with Gasteiger partial charge in [0.05, 0.1) is 6.26 Å². The van der Waals surface area contributed by atoms with Gasteiger partial charge in [-0.2, -0.15) is 4.98 Å². The van der Waals surface area contributed by atoms with E-state index in [0.717, 1.165) is 30.3 Å². The fourth-order valence-corrected chi connectivity index (χ4v) is 3.34. The first kappa shape index (κ1) is 19.7. The largest absolute Gasteiger partial charge is 0.465 e. The average Bonchev–Trinajstić information content (AvgIpc) is 3.27. The Labute approximate surface area is 176 Å². The molecule has 0 saturated carbocycles. The second kappa shape index (κ2) is 8.82. The number of benzene rings is 1. The van der Waals surface area contributed by atoms with Crippen molar-refractivity contribution >= 4 is 29.4 Å². The number of amides is 1. The van der Waals surface area contributed by atoms with E-state index in [9.17, 15) is 4.79 Å². The predicted octanol–water partition coefficient (Wildman–Crippen LogP) is 3.79. The lowest BCUT2D eigenvalue weighted by atomic mass is 10.2. The molecule has 0 aliphatic carbocycles. The Kier molecular flexibility index (Phi) is 5.79. The SMILES string of the molecule is Cc1ccc(Nc2nc(C)cc(N3CCN(C(=O)/C=C/c4ccco4)CC3)n2)cc1. The van der Waals surface area contributed by atoms with E-state index in [1.54, 1.807) is 24.5 Å². The number of furan rings is 1. The fourth-order valence-electron chi connectivity index (χ4n) is 3.34. The van der Waals surface area contributed by atoms with Crippen LogP contribution >= 0.6 is 0 Å². The van der Waals surface area contributed by atoms with Crippen molar-refractivity contribution in [2.24, 2.45) is 0 Å². The van der Waals surface area contributed by atoms with Crippen molar-refractivity contribution in [3.05, 3.63) is 71.8 Å². The molecular formula is C23H25N5O2. The molecule has 7 nitrogen and oxygen atoms in total. The topological polar surface area (TPSA) is 74.5 Å². The molecule has 3 aromatic rings. The van der Waals surface area contributed by atoms with Crippen LogP contribution in [0, 0.1) is 13.8 Å². The highest BCUT2D eigenvalue weighted by atomic mass is 16.3. The van der Waals surface area contributed by atoms with Gasteiger partial charge in [0.15, 0.2) is 0 Å². The summed E-state index contributed by atoms with van der Waals surface area (Å²) in [5.74, 6) is 2.11. The van der Waals surface area contributed by atoms with Crippen LogP contribution in [0.5, 0.6) is 0 Å². The van der Waals surface area contributed by atoms with E-state index < -0.39 is 0 Å². The highest BCUT2D eigenvalue weighted by molar-refractivity contribution is 5.91. The van der Waals surface area contributed by atoms with Gasteiger partial charge in [-0.3, -0.25) is 4.79 Å². The van der Waals surface area contributed by atoms with Gasteiger partial charge in [-0.15, -0.1) is 0 Å². The Hall–Kier alpha value is -3.61. The molecule has 0 radical (unpaired) electrons. The number of aryl methyl sites for hydroxylation is 2. The molecule has 0 spiro atoms. The lowest BCUT2D eigenvalue weighted by Gasteiger charge is -2.35. The molecule has 7 heteroatoms. The van der Waals surface area contributed by atoms with Gasteiger partial charge in [-0.05, 0) is 44.2 Å². The molecule has 0 atom stereocenters. The minimum absolute atomic E-state index is 0.00774. The Morgan fingerprint density at radius 3 is 2.53 bits per heavy atom. The maximum Gasteiger partial charge on any atom is 0.246 e. The van der Waals surface area contributed by atoms with Gasteiger partial charge in [-0.1, -0.05) is 17.7 Å². The van der Waals surface area contributed by atoms with Crippen LogP contribution in [0.3, 0.4) is 0 Å². The molecule has 2 aromatic heterocycles. The first-order valence-corrected chi connectivity index (χ1v) is 10.0. The number of nitrogens with one attached hydrogen (secondary N) is 1. The molecule has 154 valence electrons. The molecule has 1 N–H and O–H groups in total. The second-order valence-corrected chi connectivity index (χ2v) is 7.34. The lowest BCUT2D eigenvalue weighted by molar-refractivity contribution is -0.126. The van der Waals surface area contributed by atoms with Crippen LogP contribution in [0.1, 0.15) is 17.0 Å². The number of aromatic nitrogens is 2. The molecule has 3 heterocycles. The smallest absolute Gasteiger partial charge is 0.246 e. The van der Waals surface area contributed by atoms with Crippen LogP contribution in [-0.2, 0) is 4.79 Å². The van der Waals surface area contributed by atoms with Crippen molar-refractivity contribution < 1.29 is 9.21 Å². The van der Waals surface area contributed by atoms with Crippen molar-refractivity contribution in [2.45, 2.75) is 13.8 Å². The van der Waals surface area contributed by atoms with Gasteiger partial charge >= 0.3 is 0 Å². The lowest BCUT2D eigenvalue weighted by Crippen LogP contribution is -2.48. The third-order valence-electron chi connectivity index (χ3n) is 5.00. The summed E-state index contributed by atoms with van der Waals surface area (Å²) in [6.07, 6.45) is 4.85. The van der Waals surface area contributed by atoms with E-state index in [2.05, 4.69) is 39.2 Å². The molecule has 4 rings (SSSR count). The summed E-state index contributed by atoms with van der Waals surface area (Å²) in [4.78, 5) is 25.6. The molecule has 30 heavy (non-hydrogen) atoms. The summed E-state index contributed by atoms with van der Waals surface area (Å²) in [5.41, 5.74) is 3.06. The summed E-state index contributed by atoms with van der Waals surface area (Å²) < 4.78 is 5.23. The van der Waals surface area contributed by atoms with Gasteiger partial charge in [0.2, 0.25) is 11.9 Å². The Morgan fingerprint density at radius 1 is 1.07 bits per heavy atom. The highest BCUT2D eigenvalue weighted by Crippen LogP contribution is 2.20. The van der Waals surface area contributed by atoms with Crippen molar-refractivity contribution in [2.75, 3.05) is 36.4 Å². The third kappa shape index (κ3) is 4.86. The fraction of sp³-hybridized carbons (Fsp3) is 0.261. The first-order valence-electron chi connectivity index (χ1n) is 10.0. The van der Waals surface area contributed by atoms with E-state index in [1.807, 2.05) is 36.1 Å². The summed E-state index contributed by atoms with van der Waals surface area (Å²) in [6.45, 7) is 6.75. The van der Waals surface area contributed by atoms with Crippen molar-refractivity contribution in [3.63, 3.8) is 0 Å². The zero-order chi connectivity index (χ0) is 20.9. The second-order valence-electron chi connectivity index (χ2n) is 7.34. The van der Waals surface area contributed by atoms with Crippen molar-refractivity contribution in [3.8, 4) is 0 Å². The van der Waals surface area contributed by atoms with E-state index in [0.29, 0.717) is 24.8 Å². The monoisotopic (exact) mass is 403 g/mol. The van der Waals surface area contributed by atoms with E-state index in [1.165, 1.54) is 5.56 Å². The average molecular weight is 403 g/mol. The van der Waals surface area contributed by atoms with Crippen molar-refractivity contribution in [1.29, 1.82) is 0 Å². The number of piperazine rings is 1. The zero-order valence-electron chi connectivity index (χ0n) is 17.2.